The number of benzene rings is 2. The van der Waals surface area contributed by atoms with Gasteiger partial charge >= 0.3 is 5.76 Å². The summed E-state index contributed by atoms with van der Waals surface area (Å²) in [5.41, 5.74) is 0.470. The molecule has 3 aromatic rings. The average Bonchev–Trinajstić information content (AvgIpc) is 2.95. The number of aromatic nitrogens is 2. The zero-order valence-corrected chi connectivity index (χ0v) is 14.5. The van der Waals surface area contributed by atoms with Crippen molar-refractivity contribution in [1.29, 1.82) is 0 Å². The Labute approximate surface area is 150 Å². The summed E-state index contributed by atoms with van der Waals surface area (Å²) in [5, 5.41) is 14.0. The highest BCUT2D eigenvalue weighted by Gasteiger charge is 2.14. The first-order chi connectivity index (χ1) is 12.0. The third kappa shape index (κ3) is 4.55. The van der Waals surface area contributed by atoms with Gasteiger partial charge in [0.05, 0.1) is 6.54 Å². The van der Waals surface area contributed by atoms with E-state index in [1.54, 1.807) is 12.1 Å². The van der Waals surface area contributed by atoms with Crippen LogP contribution in [0.1, 0.15) is 0 Å². The van der Waals surface area contributed by atoms with E-state index in [0.29, 0.717) is 11.3 Å². The topological polar surface area (TPSA) is 77.5 Å². The van der Waals surface area contributed by atoms with E-state index in [0.717, 1.165) is 9.15 Å². The summed E-state index contributed by atoms with van der Waals surface area (Å²) in [6.07, 6.45) is -0.951. The van der Waals surface area contributed by atoms with Gasteiger partial charge < -0.3 is 14.3 Å². The van der Waals surface area contributed by atoms with Gasteiger partial charge in [-0.3, -0.25) is 0 Å². The van der Waals surface area contributed by atoms with Crippen molar-refractivity contribution in [2.45, 2.75) is 12.6 Å². The molecule has 0 aliphatic rings. The lowest BCUT2D eigenvalue weighted by molar-refractivity contribution is 0.0875. The number of ether oxygens (including phenoxy) is 1. The molecule has 6 nitrogen and oxygen atoms in total. The summed E-state index contributed by atoms with van der Waals surface area (Å²) in [7, 11) is 0. The van der Waals surface area contributed by atoms with Crippen molar-refractivity contribution in [1.82, 2.24) is 9.78 Å². The van der Waals surface area contributed by atoms with Gasteiger partial charge in [0.2, 0.25) is 5.89 Å². The highest BCUT2D eigenvalue weighted by Crippen LogP contribution is 2.17. The molecule has 3 rings (SSSR count). The van der Waals surface area contributed by atoms with E-state index in [1.807, 2.05) is 12.1 Å². The number of aliphatic hydroxyl groups excluding tert-OH is 1. The fraction of sp³-hybridized carbons (Fsp3) is 0.176. The van der Waals surface area contributed by atoms with Crippen LogP contribution in [0.2, 0.25) is 0 Å². The molecule has 1 atom stereocenters. The fourth-order valence-electron chi connectivity index (χ4n) is 2.11. The predicted octanol–water partition coefficient (Wildman–Crippen LogP) is 2.84. The van der Waals surface area contributed by atoms with E-state index in [4.69, 9.17) is 9.15 Å². The maximum atomic E-state index is 12.9. The summed E-state index contributed by atoms with van der Waals surface area (Å²) in [4.78, 5) is 11.8. The lowest BCUT2D eigenvalue weighted by Crippen LogP contribution is -2.29. The molecule has 0 aliphatic carbocycles. The van der Waals surface area contributed by atoms with Crippen LogP contribution in [-0.4, -0.2) is 27.6 Å². The Morgan fingerprint density at radius 3 is 2.56 bits per heavy atom. The van der Waals surface area contributed by atoms with Crippen molar-refractivity contribution < 1.29 is 18.7 Å². The van der Waals surface area contributed by atoms with Crippen LogP contribution in [0.15, 0.2) is 62.2 Å². The van der Waals surface area contributed by atoms with Crippen LogP contribution in [0, 0.1) is 5.82 Å². The Morgan fingerprint density at radius 2 is 1.88 bits per heavy atom. The van der Waals surface area contributed by atoms with E-state index < -0.39 is 17.7 Å². The van der Waals surface area contributed by atoms with Crippen molar-refractivity contribution >= 4 is 15.9 Å². The van der Waals surface area contributed by atoms with Crippen molar-refractivity contribution in [2.24, 2.45) is 0 Å². The van der Waals surface area contributed by atoms with Crippen molar-refractivity contribution in [2.75, 3.05) is 6.61 Å². The average molecular weight is 409 g/mol. The second-order valence-corrected chi connectivity index (χ2v) is 6.20. The minimum absolute atomic E-state index is 0.00713. The lowest BCUT2D eigenvalue weighted by Gasteiger charge is -2.11. The number of hydrogen-bond donors (Lipinski definition) is 1. The maximum absolute atomic E-state index is 12.9. The lowest BCUT2D eigenvalue weighted by atomic mass is 10.2. The summed E-state index contributed by atoms with van der Waals surface area (Å²) in [6.45, 7) is -0.0904. The molecule has 2 aromatic carbocycles. The second-order valence-electron chi connectivity index (χ2n) is 5.28. The smallest absolute Gasteiger partial charge is 0.437 e. The van der Waals surface area contributed by atoms with Crippen LogP contribution in [-0.2, 0) is 6.54 Å². The first-order valence-corrected chi connectivity index (χ1v) is 8.21. The highest BCUT2D eigenvalue weighted by molar-refractivity contribution is 9.10. The van der Waals surface area contributed by atoms with Crippen LogP contribution in [0.4, 0.5) is 4.39 Å². The maximum Gasteiger partial charge on any atom is 0.437 e. The summed E-state index contributed by atoms with van der Waals surface area (Å²) in [6, 6.07) is 12.6. The van der Waals surface area contributed by atoms with Gasteiger partial charge in [0.25, 0.3) is 0 Å². The molecular weight excluding hydrogens is 395 g/mol. The quantitative estimate of drug-likeness (QED) is 0.678. The first-order valence-electron chi connectivity index (χ1n) is 7.41. The minimum atomic E-state index is -0.951. The highest BCUT2D eigenvalue weighted by atomic mass is 79.9. The molecule has 0 saturated heterocycles. The number of nitrogens with zero attached hydrogens (tertiary/aromatic N) is 2. The molecule has 0 saturated carbocycles. The normalized spacial score (nSPS) is 12.1. The van der Waals surface area contributed by atoms with E-state index >= 15 is 0 Å². The number of rotatable bonds is 6. The standard InChI is InChI=1S/C17H14BrFN2O4/c18-12-3-7-15(8-4-12)24-10-14(22)9-21-17(23)25-16(20-21)11-1-5-13(19)6-2-11/h1-8,14,22H,9-10H2. The number of aliphatic hydroxyl groups is 1. The fourth-order valence-corrected chi connectivity index (χ4v) is 2.37. The van der Waals surface area contributed by atoms with Crippen molar-refractivity contribution in [3.05, 3.63) is 69.4 Å². The Kier molecular flexibility index (Phi) is 5.30. The van der Waals surface area contributed by atoms with Crippen LogP contribution in [0.5, 0.6) is 5.75 Å². The minimum Gasteiger partial charge on any atom is -0.491 e. The molecule has 0 amide bonds. The van der Waals surface area contributed by atoms with Crippen LogP contribution in [0.25, 0.3) is 11.5 Å². The molecule has 0 bridgehead atoms. The van der Waals surface area contributed by atoms with Gasteiger partial charge in [-0.25, -0.2) is 9.18 Å². The molecule has 1 aromatic heterocycles. The molecular formula is C17H14BrFN2O4. The van der Waals surface area contributed by atoms with Crippen LogP contribution < -0.4 is 10.5 Å². The third-order valence-corrected chi connectivity index (χ3v) is 3.87. The van der Waals surface area contributed by atoms with Crippen molar-refractivity contribution in [3.8, 4) is 17.2 Å². The Hall–Kier alpha value is -2.45. The molecule has 25 heavy (non-hydrogen) atoms. The molecule has 0 fully saturated rings. The van der Waals surface area contributed by atoms with Gasteiger partial charge in [-0.15, -0.1) is 5.10 Å². The number of hydrogen-bond acceptors (Lipinski definition) is 5. The van der Waals surface area contributed by atoms with Crippen molar-refractivity contribution in [3.63, 3.8) is 0 Å². The van der Waals surface area contributed by atoms with Crippen LogP contribution in [0.3, 0.4) is 0 Å². The zero-order chi connectivity index (χ0) is 17.8. The summed E-state index contributed by atoms with van der Waals surface area (Å²) in [5.74, 6) is -0.444. The Morgan fingerprint density at radius 1 is 1.20 bits per heavy atom. The predicted molar refractivity (Wildman–Crippen MR) is 91.8 cm³/mol. The van der Waals surface area contributed by atoms with E-state index in [9.17, 15) is 14.3 Å². The molecule has 8 heteroatoms. The van der Waals surface area contributed by atoms with E-state index in [2.05, 4.69) is 21.0 Å². The van der Waals surface area contributed by atoms with E-state index in [1.165, 1.54) is 24.3 Å². The van der Waals surface area contributed by atoms with Gasteiger partial charge in [0.15, 0.2) is 0 Å². The second kappa shape index (κ2) is 7.62. The van der Waals surface area contributed by atoms with Gasteiger partial charge in [0.1, 0.15) is 24.3 Å². The van der Waals surface area contributed by atoms with Gasteiger partial charge in [-0.05, 0) is 48.5 Å². The molecule has 0 radical (unpaired) electrons. The van der Waals surface area contributed by atoms with E-state index in [-0.39, 0.29) is 19.0 Å². The molecule has 0 aliphatic heterocycles. The SMILES string of the molecule is O=c1oc(-c2ccc(F)cc2)nn1CC(O)COc1ccc(Br)cc1. The first kappa shape index (κ1) is 17.4. The van der Waals surface area contributed by atoms with Gasteiger partial charge in [-0.2, -0.15) is 4.68 Å². The third-order valence-electron chi connectivity index (χ3n) is 3.34. The largest absolute Gasteiger partial charge is 0.491 e. The molecule has 1 unspecified atom stereocenters. The molecule has 1 N–H and O–H groups in total. The number of halogens is 2. The van der Waals surface area contributed by atoms with Gasteiger partial charge in [-0.1, -0.05) is 15.9 Å². The van der Waals surface area contributed by atoms with Gasteiger partial charge in [0, 0.05) is 10.0 Å². The van der Waals surface area contributed by atoms with Crippen LogP contribution >= 0.6 is 15.9 Å². The molecule has 130 valence electrons. The monoisotopic (exact) mass is 408 g/mol. The molecule has 0 spiro atoms. The Bertz CT molecular complexity index is 890. The summed E-state index contributed by atoms with van der Waals surface area (Å²) < 4.78 is 25.4. The Balaban J connectivity index is 1.63. The summed E-state index contributed by atoms with van der Waals surface area (Å²) >= 11 is 3.32. The zero-order valence-electron chi connectivity index (χ0n) is 12.9. The molecule has 1 heterocycles.